The second-order valence-electron chi connectivity index (χ2n) is 7.57. The van der Waals surface area contributed by atoms with Gasteiger partial charge >= 0.3 is 6.09 Å². The highest BCUT2D eigenvalue weighted by molar-refractivity contribution is 5.81. The van der Waals surface area contributed by atoms with Crippen molar-refractivity contribution in [2.24, 2.45) is 5.92 Å². The first-order valence-corrected chi connectivity index (χ1v) is 9.17. The van der Waals surface area contributed by atoms with Crippen molar-refractivity contribution in [1.29, 1.82) is 0 Å². The minimum absolute atomic E-state index is 0.00985. The Kier molecular flexibility index (Phi) is 9.03. The van der Waals surface area contributed by atoms with Gasteiger partial charge in [-0.25, -0.2) is 10.2 Å². The quantitative estimate of drug-likeness (QED) is 0.699. The number of ether oxygens (including phenoxy) is 1. The van der Waals surface area contributed by atoms with Crippen LogP contribution in [0.25, 0.3) is 0 Å². The Balaban J connectivity index is 2.38. The van der Waals surface area contributed by atoms with E-state index in [-0.39, 0.29) is 11.8 Å². The molecule has 0 aromatic carbocycles. The number of hydrazine groups is 1. The van der Waals surface area contributed by atoms with E-state index in [1.165, 1.54) is 44.9 Å². The molecule has 0 aliphatic heterocycles. The minimum atomic E-state index is -0.612. The molecule has 5 heteroatoms. The number of nitrogens with one attached hydrogen (secondary N) is 2. The zero-order valence-electron chi connectivity index (χ0n) is 15.1. The van der Waals surface area contributed by atoms with Crippen LogP contribution in [0, 0.1) is 5.92 Å². The summed E-state index contributed by atoms with van der Waals surface area (Å²) in [5.74, 6) is -0.0997. The topological polar surface area (TPSA) is 67.4 Å². The third-order valence-electron chi connectivity index (χ3n) is 4.16. The van der Waals surface area contributed by atoms with Crippen molar-refractivity contribution in [1.82, 2.24) is 10.9 Å². The van der Waals surface area contributed by atoms with Gasteiger partial charge in [-0.1, -0.05) is 57.8 Å². The molecule has 0 unspecified atom stereocenters. The Bertz CT molecular complexity index is 352. The summed E-state index contributed by atoms with van der Waals surface area (Å²) in [5, 5.41) is 0. The number of hydrogen-bond donors (Lipinski definition) is 2. The van der Waals surface area contributed by atoms with E-state index < -0.39 is 11.7 Å². The molecular formula is C18H34N2O3. The molecule has 2 N–H and O–H groups in total. The fourth-order valence-corrected chi connectivity index (χ4v) is 2.94. The molecule has 2 amide bonds. The summed E-state index contributed by atoms with van der Waals surface area (Å²) in [6, 6.07) is 0. The molecule has 0 heterocycles. The number of hydrogen-bond acceptors (Lipinski definition) is 3. The maximum atomic E-state index is 12.3. The molecule has 0 aromatic rings. The standard InChI is InChI=1S/C18H34N2O3/c1-18(2,3)23-17(22)20-19-16(21)15-13-11-9-7-5-4-6-8-10-12-14-15/h15H,4-14H2,1-3H3,(H,19,21)(H,20,22). The zero-order chi connectivity index (χ0) is 17.1. The predicted molar refractivity (Wildman–Crippen MR) is 91.8 cm³/mol. The van der Waals surface area contributed by atoms with E-state index >= 15 is 0 Å². The predicted octanol–water partition coefficient (Wildman–Crippen LogP) is 4.46. The van der Waals surface area contributed by atoms with E-state index in [9.17, 15) is 9.59 Å². The highest BCUT2D eigenvalue weighted by Crippen LogP contribution is 2.21. The number of amides is 2. The van der Waals surface area contributed by atoms with Gasteiger partial charge in [0.25, 0.3) is 0 Å². The van der Waals surface area contributed by atoms with Crippen molar-refractivity contribution in [2.75, 3.05) is 0 Å². The van der Waals surface area contributed by atoms with Crippen molar-refractivity contribution in [3.63, 3.8) is 0 Å². The number of carbonyl (C=O) groups is 2. The Hall–Kier alpha value is -1.26. The normalized spacial score (nSPS) is 19.1. The van der Waals surface area contributed by atoms with Crippen LogP contribution in [0.2, 0.25) is 0 Å². The van der Waals surface area contributed by atoms with Crippen LogP contribution in [0.15, 0.2) is 0 Å². The fourth-order valence-electron chi connectivity index (χ4n) is 2.94. The van der Waals surface area contributed by atoms with E-state index in [0.29, 0.717) is 0 Å². The molecule has 0 bridgehead atoms. The lowest BCUT2D eigenvalue weighted by Gasteiger charge is -2.21. The lowest BCUT2D eigenvalue weighted by molar-refractivity contribution is -0.126. The first kappa shape index (κ1) is 19.8. The first-order chi connectivity index (χ1) is 10.9. The third kappa shape index (κ3) is 10.2. The molecule has 1 saturated carbocycles. The van der Waals surface area contributed by atoms with Crippen molar-refractivity contribution >= 4 is 12.0 Å². The molecule has 0 saturated heterocycles. The van der Waals surface area contributed by atoms with Gasteiger partial charge in [0.05, 0.1) is 0 Å². The summed E-state index contributed by atoms with van der Waals surface area (Å²) < 4.78 is 5.12. The minimum Gasteiger partial charge on any atom is -0.443 e. The van der Waals surface area contributed by atoms with Crippen molar-refractivity contribution in [2.45, 2.75) is 97.0 Å². The second-order valence-corrected chi connectivity index (χ2v) is 7.57. The van der Waals surface area contributed by atoms with Gasteiger partial charge in [-0.05, 0) is 33.6 Å². The number of rotatable bonds is 1. The summed E-state index contributed by atoms with van der Waals surface area (Å²) in [5.41, 5.74) is 4.32. The second kappa shape index (κ2) is 10.5. The van der Waals surface area contributed by atoms with Crippen LogP contribution in [-0.4, -0.2) is 17.6 Å². The van der Waals surface area contributed by atoms with E-state index in [0.717, 1.165) is 25.7 Å². The summed E-state index contributed by atoms with van der Waals surface area (Å²) >= 11 is 0. The van der Waals surface area contributed by atoms with Crippen LogP contribution in [-0.2, 0) is 9.53 Å². The monoisotopic (exact) mass is 326 g/mol. The average Bonchev–Trinajstić information content (AvgIpc) is 2.43. The molecule has 1 fully saturated rings. The van der Waals surface area contributed by atoms with Crippen LogP contribution in [0.5, 0.6) is 0 Å². The zero-order valence-corrected chi connectivity index (χ0v) is 15.1. The Morgan fingerprint density at radius 3 is 1.65 bits per heavy atom. The van der Waals surface area contributed by atoms with Gasteiger partial charge < -0.3 is 4.74 Å². The fraction of sp³-hybridized carbons (Fsp3) is 0.889. The maximum absolute atomic E-state index is 12.3. The molecule has 0 atom stereocenters. The smallest absolute Gasteiger partial charge is 0.426 e. The molecule has 23 heavy (non-hydrogen) atoms. The summed E-state index contributed by atoms with van der Waals surface area (Å²) in [6.07, 6.45) is 12.3. The van der Waals surface area contributed by atoms with Gasteiger partial charge in [-0.2, -0.15) is 0 Å². The van der Waals surface area contributed by atoms with E-state index in [4.69, 9.17) is 4.74 Å². The summed E-state index contributed by atoms with van der Waals surface area (Å²) in [6.45, 7) is 5.38. The lowest BCUT2D eigenvalue weighted by atomic mass is 9.92. The lowest BCUT2D eigenvalue weighted by Crippen LogP contribution is -2.46. The SMILES string of the molecule is CC(C)(C)OC(=O)NNC(=O)C1CCCCCCCCCCC1. The Morgan fingerprint density at radius 2 is 1.22 bits per heavy atom. The molecule has 0 aromatic heterocycles. The van der Waals surface area contributed by atoms with Crippen LogP contribution in [0.4, 0.5) is 4.79 Å². The molecule has 1 rings (SSSR count). The van der Waals surface area contributed by atoms with Crippen molar-refractivity contribution in [3.05, 3.63) is 0 Å². The van der Waals surface area contributed by atoms with Gasteiger partial charge in [0.15, 0.2) is 0 Å². The van der Waals surface area contributed by atoms with Crippen LogP contribution < -0.4 is 10.9 Å². The van der Waals surface area contributed by atoms with Crippen molar-refractivity contribution in [3.8, 4) is 0 Å². The first-order valence-electron chi connectivity index (χ1n) is 9.17. The molecule has 0 spiro atoms. The van der Waals surface area contributed by atoms with Crippen LogP contribution >= 0.6 is 0 Å². The molecule has 1 aliphatic rings. The Morgan fingerprint density at radius 1 is 0.783 bits per heavy atom. The largest absolute Gasteiger partial charge is 0.443 e. The van der Waals surface area contributed by atoms with Crippen molar-refractivity contribution < 1.29 is 14.3 Å². The maximum Gasteiger partial charge on any atom is 0.426 e. The van der Waals surface area contributed by atoms with Gasteiger partial charge in [0.1, 0.15) is 5.60 Å². The number of carbonyl (C=O) groups excluding carboxylic acids is 2. The van der Waals surface area contributed by atoms with Gasteiger partial charge in [0.2, 0.25) is 5.91 Å². The highest BCUT2D eigenvalue weighted by atomic mass is 16.6. The van der Waals surface area contributed by atoms with Crippen LogP contribution in [0.3, 0.4) is 0 Å². The molecule has 1 aliphatic carbocycles. The molecular weight excluding hydrogens is 292 g/mol. The molecule has 5 nitrogen and oxygen atoms in total. The Labute approximate surface area is 140 Å². The highest BCUT2D eigenvalue weighted by Gasteiger charge is 2.20. The summed E-state index contributed by atoms with van der Waals surface area (Å²) in [4.78, 5) is 23.9. The van der Waals surface area contributed by atoms with Crippen LogP contribution in [0.1, 0.15) is 91.4 Å². The van der Waals surface area contributed by atoms with Gasteiger partial charge in [-0.3, -0.25) is 10.2 Å². The third-order valence-corrected chi connectivity index (χ3v) is 4.16. The summed E-state index contributed by atoms with van der Waals surface area (Å²) in [7, 11) is 0. The van der Waals surface area contributed by atoms with E-state index in [1.54, 1.807) is 20.8 Å². The van der Waals surface area contributed by atoms with E-state index in [2.05, 4.69) is 10.9 Å². The van der Waals surface area contributed by atoms with E-state index in [1.807, 2.05) is 0 Å². The van der Waals surface area contributed by atoms with Gasteiger partial charge in [-0.15, -0.1) is 0 Å². The molecule has 134 valence electrons. The molecule has 0 radical (unpaired) electrons. The van der Waals surface area contributed by atoms with Gasteiger partial charge in [0, 0.05) is 5.92 Å². The average molecular weight is 326 g/mol.